The summed E-state index contributed by atoms with van der Waals surface area (Å²) < 4.78 is 12.6. The van der Waals surface area contributed by atoms with Crippen molar-refractivity contribution in [1.29, 1.82) is 0 Å². The van der Waals surface area contributed by atoms with Gasteiger partial charge in [0.2, 0.25) is 0 Å². The quantitative estimate of drug-likeness (QED) is 0.680. The van der Waals surface area contributed by atoms with Gasteiger partial charge in [-0.3, -0.25) is 4.90 Å². The van der Waals surface area contributed by atoms with Gasteiger partial charge in [-0.2, -0.15) is 0 Å². The third kappa shape index (κ3) is 3.08. The largest absolute Gasteiger partial charge is 0.494 e. The molecule has 5 heteroatoms. The predicted molar refractivity (Wildman–Crippen MR) is 119 cm³/mol. The lowest BCUT2D eigenvalue weighted by molar-refractivity contribution is 0.00578. The minimum absolute atomic E-state index is 0.0708. The molecule has 0 radical (unpaired) electrons. The van der Waals surface area contributed by atoms with Crippen molar-refractivity contribution in [2.24, 2.45) is 0 Å². The van der Waals surface area contributed by atoms with E-state index in [-0.39, 0.29) is 23.7 Å². The van der Waals surface area contributed by atoms with Crippen LogP contribution in [0.1, 0.15) is 57.2 Å². The van der Waals surface area contributed by atoms with Gasteiger partial charge in [0.05, 0.1) is 11.2 Å². The molecule has 3 nitrogen and oxygen atoms in total. The van der Waals surface area contributed by atoms with E-state index in [1.165, 1.54) is 16.7 Å². The molecule has 0 atom stereocenters. The Morgan fingerprint density at radius 2 is 1.52 bits per heavy atom. The summed E-state index contributed by atoms with van der Waals surface area (Å²) >= 11 is 6.18. The molecular formula is C24H29BClNO2. The van der Waals surface area contributed by atoms with Gasteiger partial charge in [0.15, 0.2) is 0 Å². The number of nitrogens with zero attached hydrogens (tertiary/aromatic N) is 1. The third-order valence-corrected chi connectivity index (χ3v) is 7.92. The molecule has 0 saturated carbocycles. The number of benzene rings is 2. The Hall–Kier alpha value is -1.33. The van der Waals surface area contributed by atoms with Crippen LogP contribution in [-0.2, 0) is 21.3 Å². The summed E-state index contributed by atoms with van der Waals surface area (Å²) in [5.74, 6) is 0. The summed E-state index contributed by atoms with van der Waals surface area (Å²) in [6.07, 6.45) is 2.30. The lowest BCUT2D eigenvalue weighted by Crippen LogP contribution is -2.41. The first-order valence-electron chi connectivity index (χ1n) is 10.7. The van der Waals surface area contributed by atoms with Gasteiger partial charge in [0.1, 0.15) is 0 Å². The number of halogens is 1. The summed E-state index contributed by atoms with van der Waals surface area (Å²) in [6.45, 7) is 11.7. The topological polar surface area (TPSA) is 21.7 Å². The minimum atomic E-state index is -0.322. The molecule has 4 aliphatic rings. The Morgan fingerprint density at radius 1 is 0.897 bits per heavy atom. The number of hydrogen-bond donors (Lipinski definition) is 0. The maximum absolute atomic E-state index is 6.31. The van der Waals surface area contributed by atoms with Crippen molar-refractivity contribution < 1.29 is 9.31 Å². The normalized spacial score (nSPS) is 29.6. The molecule has 0 amide bonds. The van der Waals surface area contributed by atoms with Crippen LogP contribution in [0.15, 0.2) is 42.5 Å². The van der Waals surface area contributed by atoms with E-state index in [0.29, 0.717) is 0 Å². The van der Waals surface area contributed by atoms with Gasteiger partial charge in [-0.05, 0) is 87.9 Å². The fraction of sp³-hybridized carbons (Fsp3) is 0.500. The Kier molecular flexibility index (Phi) is 4.46. The fourth-order valence-electron chi connectivity index (χ4n) is 5.15. The maximum Gasteiger partial charge on any atom is 0.494 e. The van der Waals surface area contributed by atoms with Crippen molar-refractivity contribution in [2.45, 2.75) is 63.7 Å². The second-order valence-electron chi connectivity index (χ2n) is 9.87. The zero-order chi connectivity index (χ0) is 20.4. The summed E-state index contributed by atoms with van der Waals surface area (Å²) in [7, 11) is -0.312. The van der Waals surface area contributed by atoms with Crippen molar-refractivity contribution in [3.8, 4) is 0 Å². The summed E-state index contributed by atoms with van der Waals surface area (Å²) in [6, 6.07) is 15.4. The number of fused-ring (bicyclic) bond motifs is 2. The van der Waals surface area contributed by atoms with Crippen molar-refractivity contribution in [1.82, 2.24) is 4.90 Å². The van der Waals surface area contributed by atoms with E-state index < -0.39 is 0 Å². The lowest BCUT2D eigenvalue weighted by Gasteiger charge is -2.39. The third-order valence-electron chi connectivity index (χ3n) is 7.67. The Balaban J connectivity index is 1.57. The van der Waals surface area contributed by atoms with Crippen LogP contribution < -0.4 is 5.46 Å². The predicted octanol–water partition coefficient (Wildman–Crippen LogP) is 4.53. The number of rotatable bonds is 2. The highest BCUT2D eigenvalue weighted by molar-refractivity contribution is 6.62. The van der Waals surface area contributed by atoms with Gasteiger partial charge < -0.3 is 9.31 Å². The minimum Gasteiger partial charge on any atom is -0.399 e. The highest BCUT2D eigenvalue weighted by atomic mass is 35.5. The van der Waals surface area contributed by atoms with Crippen LogP contribution in [-0.4, -0.2) is 36.3 Å². The molecule has 6 rings (SSSR count). The molecule has 0 spiro atoms. The van der Waals surface area contributed by atoms with Crippen molar-refractivity contribution in [3.05, 3.63) is 64.2 Å². The summed E-state index contributed by atoms with van der Waals surface area (Å²) in [4.78, 5) is 2.58. The van der Waals surface area contributed by atoms with Crippen LogP contribution in [0.2, 0.25) is 5.02 Å². The average molecular weight is 410 g/mol. The van der Waals surface area contributed by atoms with E-state index in [9.17, 15) is 0 Å². The second-order valence-corrected chi connectivity index (χ2v) is 10.3. The molecule has 0 N–H and O–H groups in total. The van der Waals surface area contributed by atoms with Crippen molar-refractivity contribution in [2.75, 3.05) is 13.1 Å². The standard InChI is InChI=1S/C24H29BClNO2/c1-22(2)23(3,4)29-25(28-22)19-7-10-21-17(15-19)16-27-13-11-24(21,12-14-27)18-5-8-20(26)9-6-18/h5-10,15H,11-14,16H2,1-4H3. The Labute approximate surface area is 179 Å². The van der Waals surface area contributed by atoms with Crippen LogP contribution in [0.4, 0.5) is 0 Å². The highest BCUT2D eigenvalue weighted by Crippen LogP contribution is 2.46. The van der Waals surface area contributed by atoms with Crippen LogP contribution in [0.5, 0.6) is 0 Å². The van der Waals surface area contributed by atoms with E-state index in [2.05, 4.69) is 62.9 Å². The molecule has 0 aromatic heterocycles. The zero-order valence-corrected chi connectivity index (χ0v) is 18.6. The fourth-order valence-corrected chi connectivity index (χ4v) is 5.28. The first-order valence-corrected chi connectivity index (χ1v) is 11.1. The van der Waals surface area contributed by atoms with E-state index in [0.717, 1.165) is 43.0 Å². The van der Waals surface area contributed by atoms with Gasteiger partial charge >= 0.3 is 7.12 Å². The molecule has 4 aliphatic heterocycles. The van der Waals surface area contributed by atoms with E-state index in [1.54, 1.807) is 0 Å². The maximum atomic E-state index is 6.31. The molecular weight excluding hydrogens is 381 g/mol. The second kappa shape index (κ2) is 6.59. The van der Waals surface area contributed by atoms with Crippen LogP contribution in [0, 0.1) is 0 Å². The molecule has 0 unspecified atom stereocenters. The van der Waals surface area contributed by atoms with Crippen molar-refractivity contribution in [3.63, 3.8) is 0 Å². The van der Waals surface area contributed by atoms with Gasteiger partial charge in [0.25, 0.3) is 0 Å². The molecule has 152 valence electrons. The van der Waals surface area contributed by atoms with Gasteiger partial charge in [-0.25, -0.2) is 0 Å². The molecule has 2 fully saturated rings. The SMILES string of the molecule is CC1(C)OB(c2ccc3c(c2)CN2CCC3(c3ccc(Cl)cc3)CC2)OC1(C)C. The van der Waals surface area contributed by atoms with Gasteiger partial charge in [-0.1, -0.05) is 41.9 Å². The molecule has 2 saturated heterocycles. The molecule has 29 heavy (non-hydrogen) atoms. The monoisotopic (exact) mass is 409 g/mol. The molecule has 2 bridgehead atoms. The first-order chi connectivity index (χ1) is 13.7. The Bertz CT molecular complexity index is 916. The van der Waals surface area contributed by atoms with Crippen LogP contribution in [0.25, 0.3) is 0 Å². The molecule has 0 aliphatic carbocycles. The number of piperidine rings is 1. The summed E-state index contributed by atoms with van der Waals surface area (Å²) in [5.41, 5.74) is 4.79. The summed E-state index contributed by atoms with van der Waals surface area (Å²) in [5, 5.41) is 0.799. The molecule has 4 heterocycles. The number of hydrogen-bond acceptors (Lipinski definition) is 3. The molecule has 2 aromatic carbocycles. The molecule has 2 aromatic rings. The van der Waals surface area contributed by atoms with Crippen LogP contribution >= 0.6 is 11.6 Å². The first kappa shape index (κ1) is 19.6. The zero-order valence-electron chi connectivity index (χ0n) is 17.8. The highest BCUT2D eigenvalue weighted by Gasteiger charge is 2.52. The van der Waals surface area contributed by atoms with Crippen molar-refractivity contribution >= 4 is 24.2 Å². The average Bonchev–Trinajstić information content (AvgIpc) is 2.82. The van der Waals surface area contributed by atoms with Gasteiger partial charge in [-0.15, -0.1) is 0 Å². The Morgan fingerprint density at radius 3 is 2.14 bits per heavy atom. The van der Waals surface area contributed by atoms with Gasteiger partial charge in [0, 0.05) is 17.0 Å². The lowest BCUT2D eigenvalue weighted by atomic mass is 9.67. The van der Waals surface area contributed by atoms with Crippen LogP contribution in [0.3, 0.4) is 0 Å². The smallest absolute Gasteiger partial charge is 0.399 e. The van der Waals surface area contributed by atoms with E-state index in [1.807, 2.05) is 12.1 Å². The van der Waals surface area contributed by atoms with E-state index >= 15 is 0 Å². The van der Waals surface area contributed by atoms with E-state index in [4.69, 9.17) is 20.9 Å².